The van der Waals surface area contributed by atoms with Crippen LogP contribution in [-0.2, 0) is 11.3 Å². The van der Waals surface area contributed by atoms with Crippen LogP contribution in [0, 0.1) is 6.92 Å². The molecule has 2 N–H and O–H groups in total. The highest BCUT2D eigenvalue weighted by molar-refractivity contribution is 5.80. The van der Waals surface area contributed by atoms with E-state index in [0.29, 0.717) is 24.9 Å². The normalized spacial score (nSPS) is 15.7. The topological polar surface area (TPSA) is 66.0 Å². The first-order chi connectivity index (χ1) is 13.9. The molecule has 1 amide bonds. The van der Waals surface area contributed by atoms with Crippen LogP contribution in [0.2, 0.25) is 0 Å². The molecule has 0 aliphatic carbocycles. The third kappa shape index (κ3) is 7.26. The molecule has 162 valence electrons. The molecule has 1 heterocycles. The van der Waals surface area contributed by atoms with Gasteiger partial charge in [0, 0.05) is 37.7 Å². The van der Waals surface area contributed by atoms with Gasteiger partial charge in [-0.1, -0.05) is 19.1 Å². The van der Waals surface area contributed by atoms with Gasteiger partial charge < -0.3 is 20.3 Å². The maximum atomic E-state index is 12.0. The van der Waals surface area contributed by atoms with Crippen molar-refractivity contribution in [2.45, 2.75) is 79.0 Å². The maximum Gasteiger partial charge on any atom is 0.222 e. The minimum absolute atomic E-state index is 0.130. The molecule has 1 fully saturated rings. The van der Waals surface area contributed by atoms with Crippen LogP contribution in [-0.4, -0.2) is 48.5 Å². The van der Waals surface area contributed by atoms with Crippen LogP contribution in [0.25, 0.3) is 0 Å². The van der Waals surface area contributed by atoms with Crippen LogP contribution in [0.1, 0.15) is 64.5 Å². The van der Waals surface area contributed by atoms with Gasteiger partial charge in [-0.3, -0.25) is 4.79 Å². The molecule has 6 nitrogen and oxygen atoms in total. The number of carbonyl (C=O) groups is 1. The number of hydrogen-bond acceptors (Lipinski definition) is 3. The van der Waals surface area contributed by atoms with E-state index in [-0.39, 0.29) is 6.10 Å². The zero-order valence-corrected chi connectivity index (χ0v) is 18.8. The van der Waals surface area contributed by atoms with Crippen LogP contribution >= 0.6 is 0 Å². The van der Waals surface area contributed by atoms with Gasteiger partial charge in [0.1, 0.15) is 5.75 Å². The standard InChI is InChI=1S/C23H38N4O2/c1-6-20(27-14-8-9-22(27)28)12-13-25-23(24-7-2)26-16-19-11-10-18(5)15-21(19)29-17(3)4/h10-11,15,17,20H,6-9,12-14,16H2,1-5H3,(H2,24,25,26). The summed E-state index contributed by atoms with van der Waals surface area (Å²) in [7, 11) is 0. The first-order valence-electron chi connectivity index (χ1n) is 11.0. The molecule has 2 rings (SSSR count). The highest BCUT2D eigenvalue weighted by Crippen LogP contribution is 2.22. The van der Waals surface area contributed by atoms with Gasteiger partial charge in [-0.15, -0.1) is 0 Å². The molecule has 6 heteroatoms. The first kappa shape index (κ1) is 23.0. The van der Waals surface area contributed by atoms with E-state index in [2.05, 4.69) is 49.6 Å². The van der Waals surface area contributed by atoms with Gasteiger partial charge >= 0.3 is 0 Å². The molecule has 1 saturated heterocycles. The monoisotopic (exact) mass is 402 g/mol. The molecule has 1 aromatic rings. The van der Waals surface area contributed by atoms with Crippen molar-refractivity contribution in [3.63, 3.8) is 0 Å². The predicted octanol–water partition coefficient (Wildman–Crippen LogP) is 3.63. The lowest BCUT2D eigenvalue weighted by Gasteiger charge is -2.27. The summed E-state index contributed by atoms with van der Waals surface area (Å²) < 4.78 is 5.97. The number of hydrogen-bond donors (Lipinski definition) is 2. The fourth-order valence-corrected chi connectivity index (χ4v) is 3.65. The van der Waals surface area contributed by atoms with Crippen LogP contribution in [0.15, 0.2) is 23.2 Å². The Morgan fingerprint density at radius 3 is 2.69 bits per heavy atom. The minimum atomic E-state index is 0.130. The van der Waals surface area contributed by atoms with Gasteiger partial charge in [0.2, 0.25) is 5.91 Å². The third-order valence-electron chi connectivity index (χ3n) is 5.13. The largest absolute Gasteiger partial charge is 0.491 e. The summed E-state index contributed by atoms with van der Waals surface area (Å²) >= 11 is 0. The summed E-state index contributed by atoms with van der Waals surface area (Å²) in [5.41, 5.74) is 2.26. The van der Waals surface area contributed by atoms with Crippen LogP contribution in [0.4, 0.5) is 0 Å². The molecule has 0 saturated carbocycles. The fourth-order valence-electron chi connectivity index (χ4n) is 3.65. The summed E-state index contributed by atoms with van der Waals surface area (Å²) in [6, 6.07) is 6.57. The van der Waals surface area contributed by atoms with Crippen LogP contribution < -0.4 is 15.4 Å². The number of benzene rings is 1. The SMILES string of the molecule is CCNC(=NCc1ccc(C)cc1OC(C)C)NCCC(CC)N1CCCC1=O. The Labute approximate surface area is 176 Å². The lowest BCUT2D eigenvalue weighted by Crippen LogP contribution is -2.42. The second kappa shape index (κ2) is 11.7. The zero-order chi connectivity index (χ0) is 21.2. The van der Waals surface area contributed by atoms with E-state index in [4.69, 9.17) is 9.73 Å². The van der Waals surface area contributed by atoms with Crippen molar-refractivity contribution < 1.29 is 9.53 Å². The number of nitrogens with one attached hydrogen (secondary N) is 2. The number of nitrogens with zero attached hydrogens (tertiary/aromatic N) is 2. The lowest BCUT2D eigenvalue weighted by molar-refractivity contribution is -0.129. The van der Waals surface area contributed by atoms with E-state index in [1.807, 2.05) is 18.7 Å². The van der Waals surface area contributed by atoms with Gasteiger partial charge in [0.25, 0.3) is 0 Å². The summed E-state index contributed by atoms with van der Waals surface area (Å²) in [4.78, 5) is 18.8. The molecular weight excluding hydrogens is 364 g/mol. The van der Waals surface area contributed by atoms with Gasteiger partial charge in [0.05, 0.1) is 12.6 Å². The summed E-state index contributed by atoms with van der Waals surface area (Å²) in [5.74, 6) is 2.00. The number of aryl methyl sites for hydroxylation is 1. The summed E-state index contributed by atoms with van der Waals surface area (Å²) in [5, 5.41) is 6.74. The molecule has 0 bridgehead atoms. The Bertz CT molecular complexity index is 687. The Morgan fingerprint density at radius 2 is 2.07 bits per heavy atom. The van der Waals surface area contributed by atoms with Gasteiger partial charge in [-0.25, -0.2) is 4.99 Å². The molecular formula is C23H38N4O2. The average molecular weight is 403 g/mol. The van der Waals surface area contributed by atoms with Gasteiger partial charge in [-0.05, 0) is 58.6 Å². The van der Waals surface area contributed by atoms with Crippen LogP contribution in [0.5, 0.6) is 5.75 Å². The summed E-state index contributed by atoms with van der Waals surface area (Å²) in [6.45, 7) is 13.4. The molecule has 29 heavy (non-hydrogen) atoms. The smallest absolute Gasteiger partial charge is 0.222 e. The van der Waals surface area contributed by atoms with Crippen molar-refractivity contribution in [2.24, 2.45) is 4.99 Å². The zero-order valence-electron chi connectivity index (χ0n) is 18.8. The van der Waals surface area contributed by atoms with Gasteiger partial charge in [0.15, 0.2) is 5.96 Å². The second-order valence-electron chi connectivity index (χ2n) is 7.94. The van der Waals surface area contributed by atoms with E-state index in [0.717, 1.165) is 56.2 Å². The molecule has 1 unspecified atom stereocenters. The van der Waals surface area contributed by atoms with Gasteiger partial charge in [-0.2, -0.15) is 0 Å². The molecule has 0 spiro atoms. The number of amides is 1. The Hall–Kier alpha value is -2.24. The number of guanidine groups is 1. The molecule has 0 radical (unpaired) electrons. The Kier molecular flexibility index (Phi) is 9.29. The van der Waals surface area contributed by atoms with E-state index in [1.54, 1.807) is 0 Å². The molecule has 0 aromatic heterocycles. The third-order valence-corrected chi connectivity index (χ3v) is 5.13. The van der Waals surface area contributed by atoms with E-state index < -0.39 is 0 Å². The number of likely N-dealkylation sites (tertiary alicyclic amines) is 1. The lowest BCUT2D eigenvalue weighted by atomic mass is 10.1. The predicted molar refractivity (Wildman–Crippen MR) is 119 cm³/mol. The van der Waals surface area contributed by atoms with Crippen molar-refractivity contribution in [3.8, 4) is 5.75 Å². The summed E-state index contributed by atoms with van der Waals surface area (Å²) in [6.07, 6.45) is 3.74. The number of ether oxygens (including phenoxy) is 1. The number of rotatable bonds is 10. The van der Waals surface area contributed by atoms with Crippen molar-refractivity contribution in [1.82, 2.24) is 15.5 Å². The number of carbonyl (C=O) groups excluding carboxylic acids is 1. The molecule has 1 aliphatic rings. The second-order valence-corrected chi connectivity index (χ2v) is 7.94. The van der Waals surface area contributed by atoms with Crippen molar-refractivity contribution in [2.75, 3.05) is 19.6 Å². The van der Waals surface area contributed by atoms with Crippen LogP contribution in [0.3, 0.4) is 0 Å². The Morgan fingerprint density at radius 1 is 1.28 bits per heavy atom. The van der Waals surface area contributed by atoms with E-state index in [1.165, 1.54) is 5.56 Å². The van der Waals surface area contributed by atoms with E-state index in [9.17, 15) is 4.79 Å². The molecule has 1 aromatic carbocycles. The van der Waals surface area contributed by atoms with E-state index >= 15 is 0 Å². The maximum absolute atomic E-state index is 12.0. The Balaban J connectivity index is 1.96. The number of aliphatic imine (C=N–C) groups is 1. The average Bonchev–Trinajstić information content (AvgIpc) is 3.09. The van der Waals surface area contributed by atoms with Crippen molar-refractivity contribution >= 4 is 11.9 Å². The first-order valence-corrected chi connectivity index (χ1v) is 11.0. The highest BCUT2D eigenvalue weighted by atomic mass is 16.5. The highest BCUT2D eigenvalue weighted by Gasteiger charge is 2.26. The quantitative estimate of drug-likeness (QED) is 0.463. The van der Waals surface area contributed by atoms with Crippen molar-refractivity contribution in [1.29, 1.82) is 0 Å². The van der Waals surface area contributed by atoms with Crippen molar-refractivity contribution in [3.05, 3.63) is 29.3 Å². The fraction of sp³-hybridized carbons (Fsp3) is 0.652. The molecule has 1 atom stereocenters. The minimum Gasteiger partial charge on any atom is -0.491 e. The molecule has 1 aliphatic heterocycles.